The molecular formula is C10H14N2O6. The topological polar surface area (TPSA) is 108 Å². The molecule has 1 aliphatic heterocycles. The van der Waals surface area contributed by atoms with Gasteiger partial charge in [-0.05, 0) is 19.8 Å². The van der Waals surface area contributed by atoms with Crippen LogP contribution in [0.25, 0.3) is 0 Å². The second kappa shape index (κ2) is 5.99. The molecule has 0 aliphatic carbocycles. The fourth-order valence-electron chi connectivity index (χ4n) is 1.66. The minimum atomic E-state index is -1.00. The maximum Gasteiger partial charge on any atom is 0.411 e. The molecule has 1 rings (SSSR count). The second-order valence-corrected chi connectivity index (χ2v) is 3.56. The van der Waals surface area contributed by atoms with Crippen LogP contribution in [-0.4, -0.2) is 36.6 Å². The summed E-state index contributed by atoms with van der Waals surface area (Å²) in [5.74, 6) is -1.52. The van der Waals surface area contributed by atoms with Gasteiger partial charge < -0.3 is 14.8 Å². The van der Waals surface area contributed by atoms with Crippen LogP contribution in [0.1, 0.15) is 19.8 Å². The molecule has 8 nitrogen and oxygen atoms in total. The van der Waals surface area contributed by atoms with E-state index < -0.39 is 28.6 Å². The molecule has 1 fully saturated rings. The molecule has 1 saturated heterocycles. The van der Waals surface area contributed by atoms with Crippen molar-refractivity contribution in [3.63, 3.8) is 0 Å². The molecule has 0 aromatic rings. The number of rotatable bonds is 4. The van der Waals surface area contributed by atoms with Crippen LogP contribution >= 0.6 is 0 Å². The molecule has 1 aliphatic rings. The second-order valence-electron chi connectivity index (χ2n) is 3.56. The molecule has 1 heterocycles. The van der Waals surface area contributed by atoms with Crippen LogP contribution in [0.15, 0.2) is 11.4 Å². The van der Waals surface area contributed by atoms with Crippen LogP contribution in [-0.2, 0) is 19.1 Å². The van der Waals surface area contributed by atoms with E-state index in [0.29, 0.717) is 6.42 Å². The van der Waals surface area contributed by atoms with Gasteiger partial charge in [0.1, 0.15) is 6.04 Å². The number of nitrogens with zero attached hydrogens (tertiary/aromatic N) is 1. The Morgan fingerprint density at radius 1 is 1.56 bits per heavy atom. The molecule has 0 amide bonds. The van der Waals surface area contributed by atoms with E-state index in [1.54, 1.807) is 6.92 Å². The monoisotopic (exact) mass is 258 g/mol. The van der Waals surface area contributed by atoms with Gasteiger partial charge in [-0.1, -0.05) is 0 Å². The summed E-state index contributed by atoms with van der Waals surface area (Å²) < 4.78 is 9.13. The Kier molecular flexibility index (Phi) is 4.64. The highest BCUT2D eigenvalue weighted by Gasteiger charge is 2.36. The summed E-state index contributed by atoms with van der Waals surface area (Å²) >= 11 is 0. The predicted octanol–water partition coefficient (Wildman–Crippen LogP) is -0.0372. The van der Waals surface area contributed by atoms with Gasteiger partial charge in [0, 0.05) is 0 Å². The first-order chi connectivity index (χ1) is 8.51. The third-order valence-corrected chi connectivity index (χ3v) is 2.45. The minimum Gasteiger partial charge on any atom is -0.467 e. The highest BCUT2D eigenvalue weighted by atomic mass is 16.6. The van der Waals surface area contributed by atoms with Gasteiger partial charge in [0.2, 0.25) is 0 Å². The van der Waals surface area contributed by atoms with Gasteiger partial charge in [0.05, 0.1) is 24.3 Å². The Labute approximate surface area is 103 Å². The summed E-state index contributed by atoms with van der Waals surface area (Å²) in [7, 11) is 1.23. The van der Waals surface area contributed by atoms with Crippen LogP contribution in [0.3, 0.4) is 0 Å². The van der Waals surface area contributed by atoms with Crippen LogP contribution in [0, 0.1) is 10.1 Å². The van der Waals surface area contributed by atoms with E-state index in [9.17, 15) is 19.7 Å². The number of nitro groups is 1. The van der Waals surface area contributed by atoms with Crippen LogP contribution in [0.2, 0.25) is 0 Å². The van der Waals surface area contributed by atoms with Crippen molar-refractivity contribution in [1.82, 2.24) is 5.32 Å². The summed E-state index contributed by atoms with van der Waals surface area (Å²) in [6, 6.07) is -0.658. The number of hydrogen-bond donors (Lipinski definition) is 1. The molecular weight excluding hydrogens is 244 g/mol. The lowest BCUT2D eigenvalue weighted by Gasteiger charge is -2.08. The van der Waals surface area contributed by atoms with E-state index in [-0.39, 0.29) is 18.7 Å². The van der Waals surface area contributed by atoms with E-state index in [1.165, 1.54) is 7.11 Å². The number of carbonyl (C=O) groups excluding carboxylic acids is 2. The predicted molar refractivity (Wildman–Crippen MR) is 58.8 cm³/mol. The van der Waals surface area contributed by atoms with Crippen LogP contribution in [0.5, 0.6) is 0 Å². The van der Waals surface area contributed by atoms with Gasteiger partial charge in [-0.3, -0.25) is 10.1 Å². The van der Waals surface area contributed by atoms with E-state index in [0.717, 1.165) is 0 Å². The quantitative estimate of drug-likeness (QED) is 0.326. The number of esters is 2. The zero-order chi connectivity index (χ0) is 13.7. The van der Waals surface area contributed by atoms with Crippen molar-refractivity contribution >= 4 is 11.9 Å². The van der Waals surface area contributed by atoms with Crippen molar-refractivity contribution < 1.29 is 24.0 Å². The third-order valence-electron chi connectivity index (χ3n) is 2.45. The summed E-state index contributed by atoms with van der Waals surface area (Å²) in [6.07, 6.45) is 0.577. The molecule has 8 heteroatoms. The van der Waals surface area contributed by atoms with Gasteiger partial charge in [-0.15, -0.1) is 0 Å². The van der Waals surface area contributed by atoms with E-state index in [2.05, 4.69) is 14.8 Å². The van der Waals surface area contributed by atoms with Crippen LogP contribution in [0.4, 0.5) is 0 Å². The number of allylic oxidation sites excluding steroid dienone is 1. The maximum atomic E-state index is 11.4. The Bertz CT molecular complexity index is 403. The molecule has 0 unspecified atom stereocenters. The molecule has 0 bridgehead atoms. The normalized spacial score (nSPS) is 20.9. The van der Waals surface area contributed by atoms with Crippen molar-refractivity contribution in [2.24, 2.45) is 0 Å². The smallest absolute Gasteiger partial charge is 0.411 e. The molecule has 0 spiro atoms. The van der Waals surface area contributed by atoms with E-state index >= 15 is 0 Å². The van der Waals surface area contributed by atoms with Crippen molar-refractivity contribution in [2.75, 3.05) is 13.7 Å². The van der Waals surface area contributed by atoms with Crippen LogP contribution < -0.4 is 5.32 Å². The van der Waals surface area contributed by atoms with Crippen molar-refractivity contribution in [3.05, 3.63) is 21.5 Å². The van der Waals surface area contributed by atoms with Gasteiger partial charge in [0.15, 0.2) is 0 Å². The Morgan fingerprint density at radius 2 is 2.22 bits per heavy atom. The SMILES string of the molecule is CCOC(=O)C(=C1CC[C@H](C(=O)OC)N1)[N+](=O)[O-]. The summed E-state index contributed by atoms with van der Waals surface area (Å²) in [5.41, 5.74) is -0.544. The Morgan fingerprint density at radius 3 is 2.72 bits per heavy atom. The highest BCUT2D eigenvalue weighted by Crippen LogP contribution is 2.21. The fourth-order valence-corrected chi connectivity index (χ4v) is 1.66. The van der Waals surface area contributed by atoms with E-state index in [1.807, 2.05) is 0 Å². The largest absolute Gasteiger partial charge is 0.467 e. The minimum absolute atomic E-state index is 0.0455. The third kappa shape index (κ3) is 2.96. The number of ether oxygens (including phenoxy) is 2. The Balaban J connectivity index is 2.92. The van der Waals surface area contributed by atoms with Crippen molar-refractivity contribution in [3.8, 4) is 0 Å². The lowest BCUT2D eigenvalue weighted by Crippen LogP contribution is -2.32. The average Bonchev–Trinajstić information content (AvgIpc) is 2.77. The van der Waals surface area contributed by atoms with Crippen molar-refractivity contribution in [2.45, 2.75) is 25.8 Å². The molecule has 0 aromatic carbocycles. The lowest BCUT2D eigenvalue weighted by atomic mass is 10.2. The van der Waals surface area contributed by atoms with E-state index in [4.69, 9.17) is 0 Å². The number of hydrogen-bond acceptors (Lipinski definition) is 7. The fraction of sp³-hybridized carbons (Fsp3) is 0.600. The van der Waals surface area contributed by atoms with Crippen molar-refractivity contribution in [1.29, 1.82) is 0 Å². The first-order valence-electron chi connectivity index (χ1n) is 5.40. The Hall–Kier alpha value is -2.12. The molecule has 18 heavy (non-hydrogen) atoms. The lowest BCUT2D eigenvalue weighted by molar-refractivity contribution is -0.422. The summed E-state index contributed by atoms with van der Waals surface area (Å²) in [5, 5.41) is 13.5. The standard InChI is InChI=1S/C10H14N2O6/c1-3-18-10(14)8(12(15)16)6-4-5-7(11-6)9(13)17-2/h7,11H,3-5H2,1-2H3/t7-/m1/s1. The first kappa shape index (κ1) is 13.9. The van der Waals surface area contributed by atoms with Gasteiger partial charge >= 0.3 is 17.6 Å². The van der Waals surface area contributed by atoms with Gasteiger partial charge in [0.25, 0.3) is 0 Å². The molecule has 0 saturated carbocycles. The molecule has 0 radical (unpaired) electrons. The molecule has 0 aromatic heterocycles. The maximum absolute atomic E-state index is 11.4. The summed E-state index contributed by atoms with van der Waals surface area (Å²) in [6.45, 7) is 1.60. The number of carbonyl (C=O) groups is 2. The molecule has 1 atom stereocenters. The molecule has 100 valence electrons. The zero-order valence-corrected chi connectivity index (χ0v) is 10.1. The molecule has 1 N–H and O–H groups in total. The highest BCUT2D eigenvalue weighted by molar-refractivity contribution is 5.87. The summed E-state index contributed by atoms with van der Waals surface area (Å²) in [4.78, 5) is 32.7. The zero-order valence-electron chi connectivity index (χ0n) is 10.1. The number of nitrogens with one attached hydrogen (secondary N) is 1. The van der Waals surface area contributed by atoms with Gasteiger partial charge in [-0.2, -0.15) is 0 Å². The number of methoxy groups -OCH3 is 1. The first-order valence-corrected chi connectivity index (χ1v) is 5.40. The average molecular weight is 258 g/mol. The van der Waals surface area contributed by atoms with Gasteiger partial charge in [-0.25, -0.2) is 9.59 Å².